The van der Waals surface area contributed by atoms with Gasteiger partial charge in [-0.15, -0.1) is 0 Å². The Labute approximate surface area is 121 Å². The molecule has 1 aromatic heterocycles. The number of hydrogen-bond acceptors (Lipinski definition) is 6. The van der Waals surface area contributed by atoms with E-state index in [2.05, 4.69) is 9.98 Å². The molecular formula is C13H15ClN2O4. The van der Waals surface area contributed by atoms with Gasteiger partial charge in [-0.2, -0.15) is 0 Å². The fourth-order valence-corrected chi connectivity index (χ4v) is 1.39. The van der Waals surface area contributed by atoms with Crippen molar-refractivity contribution in [3.05, 3.63) is 23.4 Å². The summed E-state index contributed by atoms with van der Waals surface area (Å²) >= 11 is 5.70. The second-order valence-electron chi connectivity index (χ2n) is 3.59. The van der Waals surface area contributed by atoms with Crippen molar-refractivity contribution in [3.8, 4) is 0 Å². The summed E-state index contributed by atoms with van der Waals surface area (Å²) in [6, 6.07) is 3.16. The average molecular weight is 299 g/mol. The van der Waals surface area contributed by atoms with Gasteiger partial charge in [-0.25, -0.2) is 9.98 Å². The van der Waals surface area contributed by atoms with Gasteiger partial charge in [0.1, 0.15) is 0 Å². The van der Waals surface area contributed by atoms with E-state index in [4.69, 9.17) is 21.1 Å². The molecule has 108 valence electrons. The van der Waals surface area contributed by atoms with E-state index in [9.17, 15) is 9.59 Å². The van der Waals surface area contributed by atoms with Crippen LogP contribution in [-0.4, -0.2) is 36.4 Å². The van der Waals surface area contributed by atoms with Crippen LogP contribution in [0.25, 0.3) is 0 Å². The minimum absolute atomic E-state index is 0.168. The van der Waals surface area contributed by atoms with Crippen LogP contribution in [0.1, 0.15) is 13.8 Å². The van der Waals surface area contributed by atoms with Crippen molar-refractivity contribution >= 4 is 35.6 Å². The summed E-state index contributed by atoms with van der Waals surface area (Å²) in [4.78, 5) is 31.2. The van der Waals surface area contributed by atoms with E-state index in [-0.39, 0.29) is 13.2 Å². The molecule has 0 amide bonds. The standard InChI is InChI=1S/C13H15ClN2O4/c1-3-19-12(17)10(13(18)20-4-2)8-16-11-6-5-9(14)7-15-11/h5-8,10H,3-4H2,1-2H3. The molecule has 0 fully saturated rings. The van der Waals surface area contributed by atoms with E-state index in [1.165, 1.54) is 6.20 Å². The summed E-state index contributed by atoms with van der Waals surface area (Å²) in [6.07, 6.45) is 2.57. The first-order valence-corrected chi connectivity index (χ1v) is 6.45. The molecular weight excluding hydrogens is 284 g/mol. The molecule has 1 rings (SSSR count). The maximum Gasteiger partial charge on any atom is 0.325 e. The molecule has 7 heteroatoms. The SMILES string of the molecule is CCOC(=O)C(C=Nc1ccc(Cl)cn1)C(=O)OCC. The number of rotatable bonds is 6. The Bertz CT molecular complexity index is 470. The van der Waals surface area contributed by atoms with Gasteiger partial charge in [0.15, 0.2) is 11.7 Å². The molecule has 0 saturated heterocycles. The lowest BCUT2D eigenvalue weighted by Crippen LogP contribution is -2.29. The van der Waals surface area contributed by atoms with Gasteiger partial charge in [-0.3, -0.25) is 9.59 Å². The molecule has 0 unspecified atom stereocenters. The Morgan fingerprint density at radius 3 is 2.35 bits per heavy atom. The first kappa shape index (κ1) is 16.1. The van der Waals surface area contributed by atoms with E-state index in [0.717, 1.165) is 6.21 Å². The Morgan fingerprint density at radius 2 is 1.90 bits per heavy atom. The van der Waals surface area contributed by atoms with Crippen LogP contribution in [-0.2, 0) is 19.1 Å². The van der Waals surface area contributed by atoms with E-state index < -0.39 is 17.9 Å². The van der Waals surface area contributed by atoms with Crippen molar-refractivity contribution in [2.45, 2.75) is 13.8 Å². The molecule has 0 atom stereocenters. The minimum Gasteiger partial charge on any atom is -0.465 e. The number of esters is 2. The lowest BCUT2D eigenvalue weighted by molar-refractivity contribution is -0.157. The molecule has 0 N–H and O–H groups in total. The van der Waals surface area contributed by atoms with Crippen LogP contribution in [0.5, 0.6) is 0 Å². The molecule has 0 saturated carbocycles. The van der Waals surface area contributed by atoms with Crippen LogP contribution in [0.2, 0.25) is 5.02 Å². The Hall–Kier alpha value is -1.95. The molecule has 6 nitrogen and oxygen atoms in total. The van der Waals surface area contributed by atoms with Crippen molar-refractivity contribution in [1.29, 1.82) is 0 Å². The van der Waals surface area contributed by atoms with E-state index >= 15 is 0 Å². The summed E-state index contributed by atoms with van der Waals surface area (Å²) in [5.41, 5.74) is 0. The second kappa shape index (κ2) is 8.27. The van der Waals surface area contributed by atoms with Crippen LogP contribution in [0.3, 0.4) is 0 Å². The maximum absolute atomic E-state index is 11.7. The highest BCUT2D eigenvalue weighted by Crippen LogP contribution is 2.12. The second-order valence-corrected chi connectivity index (χ2v) is 4.03. The van der Waals surface area contributed by atoms with E-state index in [1.807, 2.05) is 0 Å². The highest BCUT2D eigenvalue weighted by atomic mass is 35.5. The fraction of sp³-hybridized carbons (Fsp3) is 0.385. The van der Waals surface area contributed by atoms with Gasteiger partial charge >= 0.3 is 11.9 Å². The Balaban J connectivity index is 2.85. The number of carbonyl (C=O) groups excluding carboxylic acids is 2. The first-order chi connectivity index (χ1) is 9.58. The largest absolute Gasteiger partial charge is 0.465 e. The molecule has 1 heterocycles. The molecule has 1 aromatic rings. The number of hydrogen-bond donors (Lipinski definition) is 0. The normalized spacial score (nSPS) is 10.8. The van der Waals surface area contributed by atoms with Crippen LogP contribution in [0.15, 0.2) is 23.3 Å². The smallest absolute Gasteiger partial charge is 0.325 e. The molecule has 20 heavy (non-hydrogen) atoms. The van der Waals surface area contributed by atoms with Crippen LogP contribution < -0.4 is 0 Å². The number of aromatic nitrogens is 1. The highest BCUT2D eigenvalue weighted by molar-refractivity contribution is 6.30. The molecule has 0 aliphatic heterocycles. The maximum atomic E-state index is 11.7. The Morgan fingerprint density at radius 1 is 1.30 bits per heavy atom. The molecule has 0 spiro atoms. The lowest BCUT2D eigenvalue weighted by atomic mass is 10.2. The van der Waals surface area contributed by atoms with Crippen molar-refractivity contribution in [2.75, 3.05) is 13.2 Å². The molecule has 0 aliphatic carbocycles. The zero-order valence-electron chi connectivity index (χ0n) is 11.2. The van der Waals surface area contributed by atoms with Crippen molar-refractivity contribution in [1.82, 2.24) is 4.98 Å². The summed E-state index contributed by atoms with van der Waals surface area (Å²) in [5.74, 6) is -2.28. The number of ether oxygens (including phenoxy) is 2. The number of pyridine rings is 1. The zero-order valence-corrected chi connectivity index (χ0v) is 12.0. The van der Waals surface area contributed by atoms with Gasteiger partial charge in [0.05, 0.1) is 18.2 Å². The zero-order chi connectivity index (χ0) is 15.0. The first-order valence-electron chi connectivity index (χ1n) is 6.07. The van der Waals surface area contributed by atoms with Gasteiger partial charge in [0.25, 0.3) is 0 Å². The summed E-state index contributed by atoms with van der Waals surface area (Å²) in [7, 11) is 0. The van der Waals surface area contributed by atoms with Crippen LogP contribution in [0.4, 0.5) is 5.82 Å². The van der Waals surface area contributed by atoms with E-state index in [0.29, 0.717) is 10.8 Å². The average Bonchev–Trinajstić information content (AvgIpc) is 2.42. The summed E-state index contributed by atoms with van der Waals surface area (Å²) < 4.78 is 9.61. The van der Waals surface area contributed by atoms with Gasteiger partial charge < -0.3 is 9.47 Å². The van der Waals surface area contributed by atoms with Gasteiger partial charge in [0.2, 0.25) is 0 Å². The number of halogens is 1. The minimum atomic E-state index is -1.20. The van der Waals surface area contributed by atoms with Crippen LogP contribution in [0, 0.1) is 5.92 Å². The Kier molecular flexibility index (Phi) is 6.66. The number of nitrogens with zero attached hydrogens (tertiary/aromatic N) is 2. The predicted octanol–water partition coefficient (Wildman–Crippen LogP) is 2.18. The van der Waals surface area contributed by atoms with Crippen molar-refractivity contribution in [2.24, 2.45) is 10.9 Å². The molecule has 0 aromatic carbocycles. The van der Waals surface area contributed by atoms with Crippen molar-refractivity contribution in [3.63, 3.8) is 0 Å². The summed E-state index contributed by atoms with van der Waals surface area (Å²) in [6.45, 7) is 3.64. The molecule has 0 bridgehead atoms. The fourth-order valence-electron chi connectivity index (χ4n) is 1.28. The van der Waals surface area contributed by atoms with Gasteiger partial charge in [-0.05, 0) is 26.0 Å². The van der Waals surface area contributed by atoms with Gasteiger partial charge in [0, 0.05) is 12.4 Å². The lowest BCUT2D eigenvalue weighted by Gasteiger charge is -2.09. The molecule has 0 aliphatic rings. The number of aliphatic imine (C=N–C) groups is 1. The number of carbonyl (C=O) groups is 2. The third kappa shape index (κ3) is 4.97. The van der Waals surface area contributed by atoms with E-state index in [1.54, 1.807) is 26.0 Å². The predicted molar refractivity (Wildman–Crippen MR) is 74.2 cm³/mol. The highest BCUT2D eigenvalue weighted by Gasteiger charge is 2.27. The quantitative estimate of drug-likeness (QED) is 0.457. The van der Waals surface area contributed by atoms with Gasteiger partial charge in [-0.1, -0.05) is 11.6 Å². The van der Waals surface area contributed by atoms with Crippen molar-refractivity contribution < 1.29 is 19.1 Å². The monoisotopic (exact) mass is 298 g/mol. The van der Waals surface area contributed by atoms with Crippen LogP contribution >= 0.6 is 11.6 Å². The third-order valence-corrected chi connectivity index (χ3v) is 2.37. The third-order valence-electron chi connectivity index (χ3n) is 2.15. The topological polar surface area (TPSA) is 77.9 Å². The molecule has 0 radical (unpaired) electrons. The summed E-state index contributed by atoms with van der Waals surface area (Å²) in [5, 5.41) is 0.469.